The van der Waals surface area contributed by atoms with Crippen molar-refractivity contribution in [2.24, 2.45) is 11.8 Å². The molecule has 1 unspecified atom stereocenters. The van der Waals surface area contributed by atoms with E-state index in [-0.39, 0.29) is 11.5 Å². The number of carbonyl (C=O) groups excluding carboxylic acids is 1. The summed E-state index contributed by atoms with van der Waals surface area (Å²) in [7, 11) is 0. The highest BCUT2D eigenvalue weighted by molar-refractivity contribution is 9.10. The second kappa shape index (κ2) is 6.70. The lowest BCUT2D eigenvalue weighted by molar-refractivity contribution is 0.0754. The topological polar surface area (TPSA) is 20.3 Å². The molecule has 1 atom stereocenters. The van der Waals surface area contributed by atoms with Crippen molar-refractivity contribution in [3.05, 3.63) is 34.1 Å². The molecule has 0 bridgehead atoms. The molecule has 0 spiro atoms. The van der Waals surface area contributed by atoms with Crippen LogP contribution in [0.15, 0.2) is 22.7 Å². The Morgan fingerprint density at radius 1 is 1.35 bits per heavy atom. The Labute approximate surface area is 128 Å². The second-order valence-electron chi connectivity index (χ2n) is 5.85. The van der Waals surface area contributed by atoms with Gasteiger partial charge in [0.15, 0.2) is 0 Å². The van der Waals surface area contributed by atoms with Crippen LogP contribution in [-0.2, 0) is 0 Å². The van der Waals surface area contributed by atoms with E-state index in [4.69, 9.17) is 0 Å². The van der Waals surface area contributed by atoms with Crippen molar-refractivity contribution >= 4 is 21.8 Å². The molecule has 1 aromatic rings. The molecule has 110 valence electrons. The largest absolute Gasteiger partial charge is 0.339 e. The minimum Gasteiger partial charge on any atom is -0.339 e. The Morgan fingerprint density at radius 2 is 2.10 bits per heavy atom. The summed E-state index contributed by atoms with van der Waals surface area (Å²) in [5, 5.41) is 0. The van der Waals surface area contributed by atoms with Gasteiger partial charge in [-0.15, -0.1) is 0 Å². The number of carbonyl (C=O) groups is 1. The molecular formula is C16H21BrFNO. The van der Waals surface area contributed by atoms with E-state index >= 15 is 0 Å². The van der Waals surface area contributed by atoms with Gasteiger partial charge in [-0.25, -0.2) is 4.39 Å². The third-order valence-electron chi connectivity index (χ3n) is 4.16. The highest BCUT2D eigenvalue weighted by Crippen LogP contribution is 2.26. The maximum absolute atomic E-state index is 13.9. The molecule has 1 amide bonds. The highest BCUT2D eigenvalue weighted by atomic mass is 79.9. The summed E-state index contributed by atoms with van der Waals surface area (Å²) in [6, 6.07) is 4.62. The Balaban J connectivity index is 2.09. The summed E-state index contributed by atoms with van der Waals surface area (Å²) in [6.45, 7) is 5.93. The lowest BCUT2D eigenvalue weighted by Crippen LogP contribution is -2.32. The number of hydrogen-bond acceptors (Lipinski definition) is 1. The molecule has 1 aliphatic heterocycles. The average Bonchev–Trinajstić information content (AvgIpc) is 2.63. The fourth-order valence-corrected chi connectivity index (χ4v) is 3.16. The summed E-state index contributed by atoms with van der Waals surface area (Å²) in [5.74, 6) is 0.686. The summed E-state index contributed by atoms with van der Waals surface area (Å²) >= 11 is 3.21. The molecule has 1 saturated heterocycles. The molecular weight excluding hydrogens is 321 g/mol. The van der Waals surface area contributed by atoms with Crippen molar-refractivity contribution in [3.63, 3.8) is 0 Å². The minimum atomic E-state index is -0.450. The molecule has 0 aromatic heterocycles. The molecule has 20 heavy (non-hydrogen) atoms. The number of hydrogen-bond donors (Lipinski definition) is 0. The van der Waals surface area contributed by atoms with Crippen LogP contribution in [0.5, 0.6) is 0 Å². The molecule has 1 fully saturated rings. The van der Waals surface area contributed by atoms with Crippen molar-refractivity contribution in [2.75, 3.05) is 13.1 Å². The first-order valence-electron chi connectivity index (χ1n) is 7.23. The number of rotatable bonds is 2. The fourth-order valence-electron chi connectivity index (χ4n) is 2.83. The molecule has 0 saturated carbocycles. The number of likely N-dealkylation sites (tertiary alicyclic amines) is 1. The van der Waals surface area contributed by atoms with Gasteiger partial charge >= 0.3 is 0 Å². The summed E-state index contributed by atoms with van der Waals surface area (Å²) < 4.78 is 14.5. The molecule has 0 radical (unpaired) electrons. The first-order valence-corrected chi connectivity index (χ1v) is 8.02. The van der Waals surface area contributed by atoms with E-state index in [1.54, 1.807) is 17.0 Å². The smallest absolute Gasteiger partial charge is 0.256 e. The molecule has 4 heteroatoms. The lowest BCUT2D eigenvalue weighted by atomic mass is 9.89. The zero-order chi connectivity index (χ0) is 14.7. The molecule has 1 aliphatic rings. The van der Waals surface area contributed by atoms with E-state index in [2.05, 4.69) is 29.8 Å². The zero-order valence-corrected chi connectivity index (χ0v) is 13.6. The van der Waals surface area contributed by atoms with Gasteiger partial charge < -0.3 is 4.90 Å². The lowest BCUT2D eigenvalue weighted by Gasteiger charge is -2.22. The Hall–Kier alpha value is -0.900. The van der Waals surface area contributed by atoms with Crippen LogP contribution in [0.2, 0.25) is 0 Å². The van der Waals surface area contributed by atoms with Gasteiger partial charge in [0.05, 0.1) is 5.56 Å². The number of nitrogens with zero attached hydrogens (tertiary/aromatic N) is 1. The van der Waals surface area contributed by atoms with Crippen LogP contribution < -0.4 is 0 Å². The number of amides is 1. The predicted molar refractivity (Wildman–Crippen MR) is 82.2 cm³/mol. The van der Waals surface area contributed by atoms with E-state index in [9.17, 15) is 9.18 Å². The molecule has 2 nitrogen and oxygen atoms in total. The summed E-state index contributed by atoms with van der Waals surface area (Å²) in [5.41, 5.74) is 0.177. The van der Waals surface area contributed by atoms with Gasteiger partial charge in [0.1, 0.15) is 5.82 Å². The SMILES string of the molecule is CC(C)C1CCCN(C(=O)c2ccc(Br)cc2F)CC1. The van der Waals surface area contributed by atoms with E-state index in [1.807, 2.05) is 0 Å². The quantitative estimate of drug-likeness (QED) is 0.776. The van der Waals surface area contributed by atoms with E-state index in [1.165, 1.54) is 6.07 Å². The number of halogens is 2. The Bertz CT molecular complexity index is 489. The molecule has 0 aliphatic carbocycles. The standard InChI is InChI=1S/C16H21BrFNO/c1-11(2)12-4-3-8-19(9-7-12)16(20)14-6-5-13(17)10-15(14)18/h5-6,10-12H,3-4,7-9H2,1-2H3. The minimum absolute atomic E-state index is 0.177. The molecule has 2 rings (SSSR count). The average molecular weight is 342 g/mol. The normalized spacial score (nSPS) is 20.1. The van der Waals surface area contributed by atoms with Crippen molar-refractivity contribution in [1.29, 1.82) is 0 Å². The maximum Gasteiger partial charge on any atom is 0.256 e. The first-order chi connectivity index (χ1) is 9.49. The van der Waals surface area contributed by atoms with Gasteiger partial charge in [0.2, 0.25) is 0 Å². The summed E-state index contributed by atoms with van der Waals surface area (Å²) in [6.07, 6.45) is 3.18. The van der Waals surface area contributed by atoms with E-state index in [0.717, 1.165) is 32.4 Å². The van der Waals surface area contributed by atoms with Gasteiger partial charge in [0, 0.05) is 17.6 Å². The van der Waals surface area contributed by atoms with Crippen LogP contribution >= 0.6 is 15.9 Å². The molecule has 0 N–H and O–H groups in total. The van der Waals surface area contributed by atoms with E-state index in [0.29, 0.717) is 16.3 Å². The van der Waals surface area contributed by atoms with Crippen molar-refractivity contribution in [3.8, 4) is 0 Å². The first kappa shape index (κ1) is 15.5. The van der Waals surface area contributed by atoms with Crippen molar-refractivity contribution in [1.82, 2.24) is 4.90 Å². The third kappa shape index (κ3) is 3.60. The van der Waals surface area contributed by atoms with Gasteiger partial charge in [0.25, 0.3) is 5.91 Å². The monoisotopic (exact) mass is 341 g/mol. The molecule has 1 heterocycles. The van der Waals surface area contributed by atoms with E-state index < -0.39 is 5.82 Å². The number of benzene rings is 1. The third-order valence-corrected chi connectivity index (χ3v) is 4.66. The van der Waals surface area contributed by atoms with Gasteiger partial charge in [-0.2, -0.15) is 0 Å². The van der Waals surface area contributed by atoms with Crippen LogP contribution in [0.1, 0.15) is 43.5 Å². The van der Waals surface area contributed by atoms with Crippen LogP contribution in [0.4, 0.5) is 4.39 Å². The van der Waals surface area contributed by atoms with Crippen LogP contribution in [0.25, 0.3) is 0 Å². The molecule has 1 aromatic carbocycles. The fraction of sp³-hybridized carbons (Fsp3) is 0.562. The van der Waals surface area contributed by atoms with Crippen molar-refractivity contribution < 1.29 is 9.18 Å². The van der Waals surface area contributed by atoms with Crippen LogP contribution in [0, 0.1) is 17.7 Å². The maximum atomic E-state index is 13.9. The highest BCUT2D eigenvalue weighted by Gasteiger charge is 2.24. The van der Waals surface area contributed by atoms with Crippen molar-refractivity contribution in [2.45, 2.75) is 33.1 Å². The zero-order valence-electron chi connectivity index (χ0n) is 12.0. The van der Waals surface area contributed by atoms with Gasteiger partial charge in [-0.05, 0) is 49.3 Å². The predicted octanol–water partition coefficient (Wildman–Crippen LogP) is 4.49. The Morgan fingerprint density at radius 3 is 2.75 bits per heavy atom. The Kier molecular flexibility index (Phi) is 5.19. The van der Waals surface area contributed by atoms with Crippen LogP contribution in [-0.4, -0.2) is 23.9 Å². The second-order valence-corrected chi connectivity index (χ2v) is 6.77. The summed E-state index contributed by atoms with van der Waals surface area (Å²) in [4.78, 5) is 14.2. The van der Waals surface area contributed by atoms with Gasteiger partial charge in [-0.3, -0.25) is 4.79 Å². The van der Waals surface area contributed by atoms with Crippen LogP contribution in [0.3, 0.4) is 0 Å². The van der Waals surface area contributed by atoms with Gasteiger partial charge in [-0.1, -0.05) is 29.8 Å².